The second-order valence-electron chi connectivity index (χ2n) is 5.34. The quantitative estimate of drug-likeness (QED) is 0.355. The zero-order chi connectivity index (χ0) is 18.1. The molecule has 1 heterocycles. The van der Waals surface area contributed by atoms with Gasteiger partial charge in [0, 0.05) is 26.2 Å². The van der Waals surface area contributed by atoms with Crippen molar-refractivity contribution in [2.24, 2.45) is 5.10 Å². The number of carbonyl (C=O) groups excluding carboxylic acids is 2. The first-order valence-electron chi connectivity index (χ1n) is 7.88. The summed E-state index contributed by atoms with van der Waals surface area (Å²) < 4.78 is 10.2. The number of phenolic OH excluding ortho intramolecular Hbond substituents is 1. The third-order valence-electron chi connectivity index (χ3n) is 3.61. The van der Waals surface area contributed by atoms with Crippen LogP contribution >= 0.6 is 0 Å². The Kier molecular flexibility index (Phi) is 7.17. The number of rotatable bonds is 6. The predicted molar refractivity (Wildman–Crippen MR) is 90.7 cm³/mol. The fraction of sp³-hybridized carbons (Fsp3) is 0.438. The minimum atomic E-state index is -0.844. The number of benzene rings is 1. The molecule has 0 atom stereocenters. The molecule has 1 saturated heterocycles. The highest BCUT2D eigenvalue weighted by Crippen LogP contribution is 2.25. The zero-order valence-electron chi connectivity index (χ0n) is 14.0. The summed E-state index contributed by atoms with van der Waals surface area (Å²) in [7, 11) is 1.43. The van der Waals surface area contributed by atoms with Crippen LogP contribution in [0.2, 0.25) is 0 Å². The van der Waals surface area contributed by atoms with Gasteiger partial charge in [-0.25, -0.2) is 5.43 Å². The van der Waals surface area contributed by atoms with Crippen LogP contribution in [0.15, 0.2) is 23.3 Å². The molecule has 1 fully saturated rings. The lowest BCUT2D eigenvalue weighted by molar-refractivity contribution is -0.139. The third kappa shape index (κ3) is 6.05. The van der Waals surface area contributed by atoms with Gasteiger partial charge in [0.1, 0.15) is 0 Å². The van der Waals surface area contributed by atoms with Crippen molar-refractivity contribution < 1.29 is 24.2 Å². The van der Waals surface area contributed by atoms with Crippen LogP contribution in [0, 0.1) is 0 Å². The molecule has 9 nitrogen and oxygen atoms in total. The van der Waals surface area contributed by atoms with E-state index in [4.69, 9.17) is 9.47 Å². The Bertz CT molecular complexity index is 629. The van der Waals surface area contributed by atoms with Gasteiger partial charge in [-0.15, -0.1) is 0 Å². The van der Waals surface area contributed by atoms with Crippen molar-refractivity contribution in [2.45, 2.75) is 0 Å². The Morgan fingerprint density at radius 3 is 2.84 bits per heavy atom. The number of hydrogen-bond donors (Lipinski definition) is 3. The first-order chi connectivity index (χ1) is 12.1. The molecule has 3 N–H and O–H groups in total. The maximum absolute atomic E-state index is 11.7. The molecule has 2 rings (SSSR count). The van der Waals surface area contributed by atoms with Crippen LogP contribution in [-0.2, 0) is 14.3 Å². The number of hydrogen-bond acceptors (Lipinski definition) is 7. The van der Waals surface area contributed by atoms with Crippen LogP contribution in [0.3, 0.4) is 0 Å². The lowest BCUT2D eigenvalue weighted by atomic mass is 10.2. The van der Waals surface area contributed by atoms with Crippen molar-refractivity contribution in [3.05, 3.63) is 23.8 Å². The molecule has 1 aromatic carbocycles. The second-order valence-corrected chi connectivity index (χ2v) is 5.34. The summed E-state index contributed by atoms with van der Waals surface area (Å²) >= 11 is 0. The molecule has 9 heteroatoms. The van der Waals surface area contributed by atoms with E-state index < -0.39 is 11.8 Å². The van der Waals surface area contributed by atoms with Gasteiger partial charge >= 0.3 is 11.8 Å². The van der Waals surface area contributed by atoms with Gasteiger partial charge < -0.3 is 19.9 Å². The molecule has 1 aliphatic heterocycles. The van der Waals surface area contributed by atoms with E-state index in [1.807, 2.05) is 0 Å². The molecule has 0 bridgehead atoms. The number of ether oxygens (including phenoxy) is 2. The molecule has 0 saturated carbocycles. The Hall–Kier alpha value is -2.65. The number of aromatic hydroxyl groups is 1. The van der Waals surface area contributed by atoms with E-state index in [0.29, 0.717) is 31.9 Å². The summed E-state index contributed by atoms with van der Waals surface area (Å²) in [6.07, 6.45) is 1.35. The first-order valence-corrected chi connectivity index (χ1v) is 7.88. The Morgan fingerprint density at radius 2 is 2.12 bits per heavy atom. The van der Waals surface area contributed by atoms with Crippen molar-refractivity contribution in [3.63, 3.8) is 0 Å². The summed E-state index contributed by atoms with van der Waals surface area (Å²) in [6.45, 7) is 4.06. The molecule has 136 valence electrons. The average Bonchev–Trinajstić information content (AvgIpc) is 2.63. The van der Waals surface area contributed by atoms with Gasteiger partial charge in [-0.3, -0.25) is 14.5 Å². The van der Waals surface area contributed by atoms with Crippen molar-refractivity contribution in [1.82, 2.24) is 15.6 Å². The van der Waals surface area contributed by atoms with Crippen LogP contribution in [0.5, 0.6) is 11.5 Å². The minimum absolute atomic E-state index is 0.00308. The lowest BCUT2D eigenvalue weighted by Gasteiger charge is -2.26. The van der Waals surface area contributed by atoms with Crippen LogP contribution in [0.1, 0.15) is 5.56 Å². The molecule has 0 aliphatic carbocycles. The van der Waals surface area contributed by atoms with Gasteiger partial charge in [0.05, 0.1) is 26.5 Å². The maximum atomic E-state index is 11.7. The minimum Gasteiger partial charge on any atom is -0.504 e. The summed E-state index contributed by atoms with van der Waals surface area (Å²) in [5.74, 6) is -1.29. The number of phenols is 1. The number of hydrazone groups is 1. The van der Waals surface area contributed by atoms with Gasteiger partial charge in [-0.05, 0) is 23.8 Å². The first kappa shape index (κ1) is 18.7. The van der Waals surface area contributed by atoms with Crippen molar-refractivity contribution in [1.29, 1.82) is 0 Å². The van der Waals surface area contributed by atoms with Crippen molar-refractivity contribution >= 4 is 18.0 Å². The van der Waals surface area contributed by atoms with Gasteiger partial charge in [-0.1, -0.05) is 0 Å². The summed E-state index contributed by atoms with van der Waals surface area (Å²) in [5, 5.41) is 15.8. The zero-order valence-corrected chi connectivity index (χ0v) is 14.0. The fourth-order valence-corrected chi connectivity index (χ4v) is 2.22. The number of nitrogens with zero attached hydrogens (tertiary/aromatic N) is 2. The number of morpholine rings is 1. The Labute approximate surface area is 145 Å². The summed E-state index contributed by atoms with van der Waals surface area (Å²) in [4.78, 5) is 25.5. The van der Waals surface area contributed by atoms with Gasteiger partial charge in [-0.2, -0.15) is 5.10 Å². The largest absolute Gasteiger partial charge is 0.504 e. The average molecular weight is 350 g/mol. The van der Waals surface area contributed by atoms with Gasteiger partial charge in [0.15, 0.2) is 11.5 Å². The maximum Gasteiger partial charge on any atom is 0.329 e. The SMILES string of the molecule is COc1cc(/C=N\NC(=O)C(=O)NCCN2CCOCC2)ccc1O. The molecular weight excluding hydrogens is 328 g/mol. The molecule has 0 aromatic heterocycles. The summed E-state index contributed by atoms with van der Waals surface area (Å²) in [6, 6.07) is 4.59. The molecule has 2 amide bonds. The monoisotopic (exact) mass is 350 g/mol. The number of amides is 2. The predicted octanol–water partition coefficient (Wildman–Crippen LogP) is -0.701. The van der Waals surface area contributed by atoms with Crippen molar-refractivity contribution in [3.8, 4) is 11.5 Å². The van der Waals surface area contributed by atoms with E-state index in [9.17, 15) is 14.7 Å². The molecule has 1 aromatic rings. The molecule has 25 heavy (non-hydrogen) atoms. The van der Waals surface area contributed by atoms with E-state index in [2.05, 4.69) is 20.7 Å². The molecular formula is C16H22N4O5. The molecule has 0 spiro atoms. The molecule has 0 unspecified atom stereocenters. The van der Waals surface area contributed by atoms with E-state index in [0.717, 1.165) is 13.1 Å². The normalized spacial score (nSPS) is 15.1. The van der Waals surface area contributed by atoms with Crippen LogP contribution in [0.25, 0.3) is 0 Å². The smallest absolute Gasteiger partial charge is 0.329 e. The molecule has 1 aliphatic rings. The van der Waals surface area contributed by atoms with Crippen molar-refractivity contribution in [2.75, 3.05) is 46.5 Å². The number of nitrogens with one attached hydrogen (secondary N) is 2. The Morgan fingerprint density at radius 1 is 1.36 bits per heavy atom. The number of carbonyl (C=O) groups is 2. The Balaban J connectivity index is 1.72. The van der Waals surface area contributed by atoms with Gasteiger partial charge in [0.2, 0.25) is 0 Å². The van der Waals surface area contributed by atoms with E-state index in [-0.39, 0.29) is 11.5 Å². The highest BCUT2D eigenvalue weighted by Gasteiger charge is 2.14. The lowest BCUT2D eigenvalue weighted by Crippen LogP contribution is -2.44. The molecule has 0 radical (unpaired) electrons. The van der Waals surface area contributed by atoms with Crippen LogP contribution in [0.4, 0.5) is 0 Å². The second kappa shape index (κ2) is 9.60. The number of methoxy groups -OCH3 is 1. The standard InChI is InChI=1S/C16H22N4O5/c1-24-14-10-12(2-3-13(14)21)11-18-19-16(23)15(22)17-4-5-20-6-8-25-9-7-20/h2-3,10-11,21H,4-9H2,1H3,(H,17,22)(H,19,23)/b18-11-. The van der Waals surface area contributed by atoms with Gasteiger partial charge in [0.25, 0.3) is 0 Å². The third-order valence-corrected chi connectivity index (χ3v) is 3.61. The van der Waals surface area contributed by atoms with Crippen LogP contribution in [-0.4, -0.2) is 74.5 Å². The highest BCUT2D eigenvalue weighted by atomic mass is 16.5. The topological polar surface area (TPSA) is 112 Å². The van der Waals surface area contributed by atoms with E-state index >= 15 is 0 Å². The summed E-state index contributed by atoms with van der Waals surface area (Å²) in [5.41, 5.74) is 2.75. The van der Waals surface area contributed by atoms with E-state index in [1.165, 1.54) is 19.4 Å². The fourth-order valence-electron chi connectivity index (χ4n) is 2.22. The van der Waals surface area contributed by atoms with Crippen LogP contribution < -0.4 is 15.5 Å². The van der Waals surface area contributed by atoms with E-state index in [1.54, 1.807) is 12.1 Å². The highest BCUT2D eigenvalue weighted by molar-refractivity contribution is 6.35.